The van der Waals surface area contributed by atoms with Crippen molar-refractivity contribution in [2.75, 3.05) is 11.9 Å². The quantitative estimate of drug-likeness (QED) is 0.127. The molecule has 35 heavy (non-hydrogen) atoms. The van der Waals surface area contributed by atoms with Crippen LogP contribution in [0.4, 0.5) is 5.95 Å². The van der Waals surface area contributed by atoms with E-state index in [4.69, 9.17) is 10.5 Å². The second-order valence-corrected chi connectivity index (χ2v) is 8.32. The predicted molar refractivity (Wildman–Crippen MR) is 136 cm³/mol. The molecule has 4 rings (SSSR count). The van der Waals surface area contributed by atoms with E-state index < -0.39 is 0 Å². The van der Waals surface area contributed by atoms with Crippen LogP contribution in [0.15, 0.2) is 78.3 Å². The number of hydrogen-bond acceptors (Lipinski definition) is 4. The van der Waals surface area contributed by atoms with Gasteiger partial charge in [0.2, 0.25) is 5.95 Å². The SMILES string of the molecule is Cn1cc(-c2cccc(C(=O)Nc3nc(CCCCCCN=[N+]=[N-])cn3-c3ccccc3)c2)cn1. The normalized spacial score (nSPS) is 10.7. The number of anilines is 1. The van der Waals surface area contributed by atoms with Crippen molar-refractivity contribution in [3.05, 3.63) is 94.9 Å². The smallest absolute Gasteiger partial charge is 0.258 e. The standard InChI is InChI=1S/C26H28N8O/c1-33-18-22(17-29-33)20-10-9-11-21(16-20)25(35)31-26-30-23(12-5-2-3-8-15-28-32-27)19-34(26)24-13-6-4-7-14-24/h4,6-7,9-11,13-14,16-19H,2-3,5,8,12,15H2,1H3,(H,30,31,35). The van der Waals surface area contributed by atoms with E-state index in [0.717, 1.165) is 54.6 Å². The van der Waals surface area contributed by atoms with Gasteiger partial charge in [0, 0.05) is 47.7 Å². The number of nitrogens with one attached hydrogen (secondary N) is 1. The molecule has 0 aliphatic heterocycles. The molecule has 2 aromatic heterocycles. The van der Waals surface area contributed by atoms with Crippen LogP contribution >= 0.6 is 0 Å². The molecule has 9 heteroatoms. The van der Waals surface area contributed by atoms with Crippen molar-refractivity contribution in [3.63, 3.8) is 0 Å². The summed E-state index contributed by atoms with van der Waals surface area (Å²) in [7, 11) is 1.87. The summed E-state index contributed by atoms with van der Waals surface area (Å²) in [4.78, 5) is 20.7. The highest BCUT2D eigenvalue weighted by atomic mass is 16.1. The molecule has 1 N–H and O–H groups in total. The minimum atomic E-state index is -0.219. The number of aryl methyl sites for hydroxylation is 2. The molecular formula is C26H28N8O. The van der Waals surface area contributed by atoms with Gasteiger partial charge in [-0.05, 0) is 54.6 Å². The summed E-state index contributed by atoms with van der Waals surface area (Å²) in [5.41, 5.74) is 12.6. The summed E-state index contributed by atoms with van der Waals surface area (Å²) in [5.74, 6) is 0.273. The lowest BCUT2D eigenvalue weighted by Crippen LogP contribution is -2.15. The van der Waals surface area contributed by atoms with E-state index in [9.17, 15) is 4.79 Å². The van der Waals surface area contributed by atoms with Crippen molar-refractivity contribution in [1.82, 2.24) is 19.3 Å². The number of aromatic nitrogens is 4. The van der Waals surface area contributed by atoms with Crippen molar-refractivity contribution < 1.29 is 4.79 Å². The first-order valence-corrected chi connectivity index (χ1v) is 11.7. The zero-order chi connectivity index (χ0) is 24.5. The summed E-state index contributed by atoms with van der Waals surface area (Å²) in [6.07, 6.45) is 10.4. The van der Waals surface area contributed by atoms with Gasteiger partial charge in [0.05, 0.1) is 11.9 Å². The fraction of sp³-hybridized carbons (Fsp3) is 0.269. The Morgan fingerprint density at radius 2 is 1.86 bits per heavy atom. The Kier molecular flexibility index (Phi) is 7.93. The van der Waals surface area contributed by atoms with Crippen molar-refractivity contribution in [2.24, 2.45) is 12.2 Å². The number of carbonyl (C=O) groups is 1. The largest absolute Gasteiger partial charge is 0.292 e. The summed E-state index contributed by atoms with van der Waals surface area (Å²) in [5, 5.41) is 10.8. The zero-order valence-corrected chi connectivity index (χ0v) is 19.7. The summed E-state index contributed by atoms with van der Waals surface area (Å²) < 4.78 is 3.65. The van der Waals surface area contributed by atoms with Crippen LogP contribution in [0, 0.1) is 0 Å². The molecule has 0 atom stereocenters. The third-order valence-electron chi connectivity index (χ3n) is 5.68. The number of benzene rings is 2. The second-order valence-electron chi connectivity index (χ2n) is 8.32. The number of azide groups is 1. The maximum atomic E-state index is 13.2. The molecule has 9 nitrogen and oxygen atoms in total. The molecule has 178 valence electrons. The van der Waals surface area contributed by atoms with Crippen molar-refractivity contribution in [1.29, 1.82) is 0 Å². The average molecular weight is 469 g/mol. The molecule has 0 unspecified atom stereocenters. The number of rotatable bonds is 11. The second kappa shape index (κ2) is 11.7. The number of unbranched alkanes of at least 4 members (excludes halogenated alkanes) is 3. The molecule has 0 bridgehead atoms. The van der Waals surface area contributed by atoms with Crippen LogP contribution < -0.4 is 5.32 Å². The third-order valence-corrected chi connectivity index (χ3v) is 5.68. The highest BCUT2D eigenvalue weighted by Crippen LogP contribution is 2.22. The van der Waals surface area contributed by atoms with Crippen LogP contribution in [-0.4, -0.2) is 31.8 Å². The molecule has 0 saturated carbocycles. The molecule has 0 aliphatic rings. The minimum absolute atomic E-state index is 0.219. The van der Waals surface area contributed by atoms with E-state index in [1.807, 2.05) is 72.5 Å². The first kappa shape index (κ1) is 23.8. The number of amides is 1. The van der Waals surface area contributed by atoms with E-state index in [0.29, 0.717) is 18.1 Å². The monoisotopic (exact) mass is 468 g/mol. The van der Waals surface area contributed by atoms with Gasteiger partial charge in [-0.3, -0.25) is 19.4 Å². The van der Waals surface area contributed by atoms with E-state index in [-0.39, 0.29) is 5.91 Å². The zero-order valence-electron chi connectivity index (χ0n) is 19.7. The summed E-state index contributed by atoms with van der Waals surface area (Å²) >= 11 is 0. The summed E-state index contributed by atoms with van der Waals surface area (Å²) in [6.45, 7) is 0.539. The molecule has 1 amide bonds. The Labute approximate surface area is 204 Å². The summed E-state index contributed by atoms with van der Waals surface area (Å²) in [6, 6.07) is 17.3. The van der Waals surface area contributed by atoms with Crippen molar-refractivity contribution in [3.8, 4) is 16.8 Å². The number of nitrogens with zero attached hydrogens (tertiary/aromatic N) is 7. The number of para-hydroxylation sites is 1. The Balaban J connectivity index is 1.49. The molecule has 0 fully saturated rings. The Hall–Kier alpha value is -4.36. The van der Waals surface area contributed by atoms with Crippen LogP contribution in [0.3, 0.4) is 0 Å². The van der Waals surface area contributed by atoms with E-state index in [1.54, 1.807) is 16.9 Å². The van der Waals surface area contributed by atoms with Crippen LogP contribution in [0.25, 0.3) is 27.3 Å². The molecule has 0 aliphatic carbocycles. The number of imidazole rings is 1. The first-order valence-electron chi connectivity index (χ1n) is 11.7. The van der Waals surface area contributed by atoms with Gasteiger partial charge in [0.1, 0.15) is 0 Å². The van der Waals surface area contributed by atoms with E-state index >= 15 is 0 Å². The fourth-order valence-corrected chi connectivity index (χ4v) is 3.89. The van der Waals surface area contributed by atoms with Gasteiger partial charge in [0.25, 0.3) is 5.91 Å². The predicted octanol–water partition coefficient (Wildman–Crippen LogP) is 5.94. The maximum Gasteiger partial charge on any atom is 0.258 e. The molecule has 4 aromatic rings. The Bertz CT molecular complexity index is 1320. The van der Waals surface area contributed by atoms with E-state index in [1.165, 1.54) is 0 Å². The molecule has 0 spiro atoms. The van der Waals surface area contributed by atoms with Gasteiger partial charge in [-0.25, -0.2) is 4.98 Å². The van der Waals surface area contributed by atoms with Crippen LogP contribution in [0.1, 0.15) is 41.7 Å². The first-order chi connectivity index (χ1) is 17.1. The van der Waals surface area contributed by atoms with Crippen LogP contribution in [0.2, 0.25) is 0 Å². The minimum Gasteiger partial charge on any atom is -0.292 e. The lowest BCUT2D eigenvalue weighted by molar-refractivity contribution is 0.102. The molecular weight excluding hydrogens is 440 g/mol. The van der Waals surface area contributed by atoms with Crippen LogP contribution in [0.5, 0.6) is 0 Å². The molecule has 0 saturated heterocycles. The number of hydrogen-bond donors (Lipinski definition) is 1. The Morgan fingerprint density at radius 1 is 1.03 bits per heavy atom. The Morgan fingerprint density at radius 3 is 2.63 bits per heavy atom. The molecule has 0 radical (unpaired) electrons. The lowest BCUT2D eigenvalue weighted by atomic mass is 10.1. The third kappa shape index (κ3) is 6.37. The van der Waals surface area contributed by atoms with Gasteiger partial charge >= 0.3 is 0 Å². The molecule has 2 aromatic carbocycles. The molecule has 2 heterocycles. The van der Waals surface area contributed by atoms with Gasteiger partial charge in [0.15, 0.2) is 0 Å². The van der Waals surface area contributed by atoms with Gasteiger partial charge in [-0.2, -0.15) is 5.10 Å². The highest BCUT2D eigenvalue weighted by molar-refractivity contribution is 6.04. The topological polar surface area (TPSA) is 113 Å². The van der Waals surface area contributed by atoms with Gasteiger partial charge in [-0.1, -0.05) is 48.3 Å². The lowest BCUT2D eigenvalue weighted by Gasteiger charge is -2.09. The van der Waals surface area contributed by atoms with Gasteiger partial charge < -0.3 is 0 Å². The maximum absolute atomic E-state index is 13.2. The number of carbonyl (C=O) groups excluding carboxylic acids is 1. The van der Waals surface area contributed by atoms with Crippen molar-refractivity contribution >= 4 is 11.9 Å². The van der Waals surface area contributed by atoms with E-state index in [2.05, 4.69) is 20.4 Å². The van der Waals surface area contributed by atoms with Crippen LogP contribution in [-0.2, 0) is 13.5 Å². The fourth-order valence-electron chi connectivity index (χ4n) is 3.89. The highest BCUT2D eigenvalue weighted by Gasteiger charge is 2.15. The van der Waals surface area contributed by atoms with Crippen molar-refractivity contribution in [2.45, 2.75) is 32.1 Å². The average Bonchev–Trinajstić information content (AvgIpc) is 3.50. The van der Waals surface area contributed by atoms with Gasteiger partial charge in [-0.15, -0.1) is 0 Å².